The van der Waals surface area contributed by atoms with E-state index in [1.165, 1.54) is 18.4 Å². The molecule has 0 aliphatic rings. The molecule has 1 heteroatoms. The standard InChI is InChI=1S/C10H18O/c1-4-9(2)5-6-10(3)7-8-11/h7-9H,4-6H2,1-3H3. The third kappa shape index (κ3) is 5.84. The molecule has 0 fully saturated rings. The summed E-state index contributed by atoms with van der Waals surface area (Å²) < 4.78 is 0. The lowest BCUT2D eigenvalue weighted by atomic mass is 10.00. The van der Waals surface area contributed by atoms with Crippen LogP contribution in [0.15, 0.2) is 11.6 Å². The molecule has 0 heterocycles. The van der Waals surface area contributed by atoms with Crippen molar-refractivity contribution in [3.05, 3.63) is 11.6 Å². The van der Waals surface area contributed by atoms with Crippen LogP contribution in [0.3, 0.4) is 0 Å². The van der Waals surface area contributed by atoms with Crippen molar-refractivity contribution in [2.24, 2.45) is 5.92 Å². The lowest BCUT2D eigenvalue weighted by molar-refractivity contribution is -0.104. The Morgan fingerprint density at radius 3 is 2.64 bits per heavy atom. The van der Waals surface area contributed by atoms with Crippen LogP contribution in [-0.2, 0) is 4.79 Å². The fourth-order valence-electron chi connectivity index (χ4n) is 0.878. The first kappa shape index (κ1) is 10.4. The van der Waals surface area contributed by atoms with Gasteiger partial charge in [0.2, 0.25) is 0 Å². The van der Waals surface area contributed by atoms with Gasteiger partial charge in [0, 0.05) is 0 Å². The molecule has 0 N–H and O–H groups in total. The van der Waals surface area contributed by atoms with Gasteiger partial charge < -0.3 is 0 Å². The van der Waals surface area contributed by atoms with Crippen LogP contribution >= 0.6 is 0 Å². The molecule has 0 spiro atoms. The molecule has 0 aliphatic heterocycles. The second-order valence-corrected chi connectivity index (χ2v) is 3.20. The Morgan fingerprint density at radius 1 is 1.55 bits per heavy atom. The molecule has 0 saturated carbocycles. The van der Waals surface area contributed by atoms with Crippen molar-refractivity contribution in [1.82, 2.24) is 0 Å². The van der Waals surface area contributed by atoms with Crippen molar-refractivity contribution in [3.8, 4) is 0 Å². The van der Waals surface area contributed by atoms with Gasteiger partial charge in [0.05, 0.1) is 0 Å². The molecule has 1 atom stereocenters. The normalized spacial score (nSPS) is 14.6. The fraction of sp³-hybridized carbons (Fsp3) is 0.700. The van der Waals surface area contributed by atoms with Crippen LogP contribution in [0.4, 0.5) is 0 Å². The highest BCUT2D eigenvalue weighted by molar-refractivity contribution is 5.65. The predicted molar refractivity (Wildman–Crippen MR) is 48.5 cm³/mol. The minimum Gasteiger partial charge on any atom is -0.299 e. The summed E-state index contributed by atoms with van der Waals surface area (Å²) in [6, 6.07) is 0. The van der Waals surface area contributed by atoms with Crippen molar-refractivity contribution >= 4 is 6.29 Å². The Morgan fingerprint density at radius 2 is 2.18 bits per heavy atom. The maximum atomic E-state index is 10.1. The van der Waals surface area contributed by atoms with E-state index in [-0.39, 0.29) is 0 Å². The van der Waals surface area contributed by atoms with Crippen molar-refractivity contribution in [1.29, 1.82) is 0 Å². The monoisotopic (exact) mass is 154 g/mol. The van der Waals surface area contributed by atoms with Gasteiger partial charge in [0.15, 0.2) is 0 Å². The van der Waals surface area contributed by atoms with Gasteiger partial charge >= 0.3 is 0 Å². The largest absolute Gasteiger partial charge is 0.299 e. The van der Waals surface area contributed by atoms with Crippen molar-refractivity contribution < 1.29 is 4.79 Å². The molecule has 0 bridgehead atoms. The van der Waals surface area contributed by atoms with Crippen molar-refractivity contribution in [2.75, 3.05) is 0 Å². The Hall–Kier alpha value is -0.590. The number of allylic oxidation sites excluding steroid dienone is 2. The highest BCUT2D eigenvalue weighted by Gasteiger charge is 1.98. The zero-order valence-electron chi connectivity index (χ0n) is 7.76. The van der Waals surface area contributed by atoms with Gasteiger partial charge in [-0.3, -0.25) is 4.79 Å². The highest BCUT2D eigenvalue weighted by atomic mass is 16.1. The average molecular weight is 154 g/mol. The SMILES string of the molecule is CCC(C)CCC(C)=CC=O. The topological polar surface area (TPSA) is 17.1 Å². The van der Waals surface area contributed by atoms with Crippen LogP contribution in [-0.4, -0.2) is 6.29 Å². The molecule has 1 unspecified atom stereocenters. The number of carbonyl (C=O) groups excluding carboxylic acids is 1. The van der Waals surface area contributed by atoms with Gasteiger partial charge in [-0.2, -0.15) is 0 Å². The summed E-state index contributed by atoms with van der Waals surface area (Å²) in [5.74, 6) is 0.782. The van der Waals surface area contributed by atoms with E-state index in [1.54, 1.807) is 6.08 Å². The summed E-state index contributed by atoms with van der Waals surface area (Å²) in [4.78, 5) is 10.1. The smallest absolute Gasteiger partial charge is 0.142 e. The molecule has 0 aromatic heterocycles. The number of carbonyl (C=O) groups is 1. The average Bonchev–Trinajstić information content (AvgIpc) is 2.01. The van der Waals surface area contributed by atoms with Gasteiger partial charge in [0.1, 0.15) is 6.29 Å². The number of aldehydes is 1. The highest BCUT2D eigenvalue weighted by Crippen LogP contribution is 2.13. The van der Waals surface area contributed by atoms with E-state index in [9.17, 15) is 4.79 Å². The van der Waals surface area contributed by atoms with Crippen LogP contribution in [0.25, 0.3) is 0 Å². The summed E-state index contributed by atoms with van der Waals surface area (Å²) in [6.45, 7) is 6.45. The first-order valence-corrected chi connectivity index (χ1v) is 4.31. The van der Waals surface area contributed by atoms with E-state index in [1.807, 2.05) is 6.92 Å². The minimum atomic E-state index is 0.782. The predicted octanol–water partition coefficient (Wildman–Crippen LogP) is 2.96. The molecule has 0 rings (SSSR count). The Balaban J connectivity index is 3.52. The Kier molecular flexibility index (Phi) is 5.81. The third-order valence-corrected chi connectivity index (χ3v) is 2.08. The lowest BCUT2D eigenvalue weighted by Gasteiger charge is -2.06. The van der Waals surface area contributed by atoms with Gasteiger partial charge in [-0.05, 0) is 31.8 Å². The lowest BCUT2D eigenvalue weighted by Crippen LogP contribution is -1.92. The first-order valence-electron chi connectivity index (χ1n) is 4.31. The summed E-state index contributed by atoms with van der Waals surface area (Å²) in [6.07, 6.45) is 6.02. The molecule has 0 amide bonds. The molecule has 11 heavy (non-hydrogen) atoms. The summed E-state index contributed by atoms with van der Waals surface area (Å²) in [5.41, 5.74) is 1.19. The van der Waals surface area contributed by atoms with Crippen LogP contribution in [0.2, 0.25) is 0 Å². The van der Waals surface area contributed by atoms with Gasteiger partial charge in [-0.1, -0.05) is 25.8 Å². The minimum absolute atomic E-state index is 0.782. The van der Waals surface area contributed by atoms with Crippen LogP contribution < -0.4 is 0 Å². The summed E-state index contributed by atoms with van der Waals surface area (Å²) in [7, 11) is 0. The molecule has 1 nitrogen and oxygen atoms in total. The molecule has 0 radical (unpaired) electrons. The Bertz CT molecular complexity index is 136. The summed E-state index contributed by atoms with van der Waals surface area (Å²) in [5, 5.41) is 0. The van der Waals surface area contributed by atoms with E-state index in [0.717, 1.165) is 18.6 Å². The molecule has 0 saturated heterocycles. The molecule has 0 aromatic rings. The third-order valence-electron chi connectivity index (χ3n) is 2.08. The van der Waals surface area contributed by atoms with E-state index >= 15 is 0 Å². The van der Waals surface area contributed by atoms with Crippen molar-refractivity contribution in [2.45, 2.75) is 40.0 Å². The second kappa shape index (κ2) is 6.14. The maximum absolute atomic E-state index is 10.1. The molecule has 64 valence electrons. The van der Waals surface area contributed by atoms with Gasteiger partial charge in [0.25, 0.3) is 0 Å². The second-order valence-electron chi connectivity index (χ2n) is 3.20. The summed E-state index contributed by atoms with van der Waals surface area (Å²) >= 11 is 0. The molecule has 0 aromatic carbocycles. The molecule has 0 aliphatic carbocycles. The number of hydrogen-bond donors (Lipinski definition) is 0. The van der Waals surface area contributed by atoms with E-state index in [0.29, 0.717) is 0 Å². The number of rotatable bonds is 5. The van der Waals surface area contributed by atoms with Crippen LogP contribution in [0.1, 0.15) is 40.0 Å². The zero-order chi connectivity index (χ0) is 8.69. The van der Waals surface area contributed by atoms with E-state index < -0.39 is 0 Å². The maximum Gasteiger partial charge on any atom is 0.142 e. The van der Waals surface area contributed by atoms with Crippen LogP contribution in [0.5, 0.6) is 0 Å². The zero-order valence-corrected chi connectivity index (χ0v) is 7.76. The fourth-order valence-corrected chi connectivity index (χ4v) is 0.878. The van der Waals surface area contributed by atoms with Crippen molar-refractivity contribution in [3.63, 3.8) is 0 Å². The van der Waals surface area contributed by atoms with Gasteiger partial charge in [-0.25, -0.2) is 0 Å². The van der Waals surface area contributed by atoms with Crippen LogP contribution in [0, 0.1) is 5.92 Å². The first-order chi connectivity index (χ1) is 5.20. The van der Waals surface area contributed by atoms with E-state index in [2.05, 4.69) is 13.8 Å². The molecular weight excluding hydrogens is 136 g/mol. The quantitative estimate of drug-likeness (QED) is 0.439. The van der Waals surface area contributed by atoms with Gasteiger partial charge in [-0.15, -0.1) is 0 Å². The van der Waals surface area contributed by atoms with E-state index in [4.69, 9.17) is 0 Å². The Labute approximate surface area is 69.5 Å². The molecular formula is C10H18O. The number of hydrogen-bond acceptors (Lipinski definition) is 1.